The molecule has 4 rings (SSSR count). The Labute approximate surface area is 149 Å². The smallest absolute Gasteiger partial charge is 0.330 e. The third-order valence-corrected chi connectivity index (χ3v) is 5.03. The van der Waals surface area contributed by atoms with E-state index in [9.17, 15) is 14.7 Å². The van der Waals surface area contributed by atoms with Crippen LogP contribution < -0.4 is 11.2 Å². The van der Waals surface area contributed by atoms with Crippen molar-refractivity contribution in [2.75, 3.05) is 19.8 Å². The van der Waals surface area contributed by atoms with Gasteiger partial charge in [-0.1, -0.05) is 30.3 Å². The van der Waals surface area contributed by atoms with Gasteiger partial charge in [-0.2, -0.15) is 0 Å². The second-order valence-corrected chi connectivity index (χ2v) is 6.63. The lowest BCUT2D eigenvalue weighted by atomic mass is 9.90. The molecule has 2 aromatic rings. The van der Waals surface area contributed by atoms with Crippen molar-refractivity contribution in [2.45, 2.75) is 24.5 Å². The van der Waals surface area contributed by atoms with Gasteiger partial charge < -0.3 is 19.3 Å². The lowest BCUT2D eigenvalue weighted by Gasteiger charge is -2.30. The highest BCUT2D eigenvalue weighted by atomic mass is 16.6. The van der Waals surface area contributed by atoms with Gasteiger partial charge in [-0.15, -0.1) is 0 Å². The van der Waals surface area contributed by atoms with Gasteiger partial charge in [-0.25, -0.2) is 4.79 Å². The number of hydrogen-bond donors (Lipinski definition) is 2. The van der Waals surface area contributed by atoms with Crippen molar-refractivity contribution in [1.29, 1.82) is 0 Å². The van der Waals surface area contributed by atoms with Crippen LogP contribution in [0.15, 0.2) is 52.2 Å². The van der Waals surface area contributed by atoms with Crippen LogP contribution in [0.4, 0.5) is 0 Å². The predicted molar refractivity (Wildman–Crippen MR) is 90.6 cm³/mol. The third-order valence-electron chi connectivity index (χ3n) is 5.03. The number of aromatic nitrogens is 2. The number of aromatic amines is 1. The number of benzene rings is 1. The third kappa shape index (κ3) is 2.90. The summed E-state index contributed by atoms with van der Waals surface area (Å²) in [5.74, 6) is -0.222. The van der Waals surface area contributed by atoms with E-state index in [1.54, 1.807) is 0 Å². The van der Waals surface area contributed by atoms with Crippen molar-refractivity contribution >= 4 is 0 Å². The van der Waals surface area contributed by atoms with Crippen molar-refractivity contribution in [3.8, 4) is 0 Å². The van der Waals surface area contributed by atoms with E-state index >= 15 is 0 Å². The highest BCUT2D eigenvalue weighted by Gasteiger charge is 2.61. The van der Waals surface area contributed by atoms with E-state index in [1.807, 2.05) is 30.3 Å². The van der Waals surface area contributed by atoms with Gasteiger partial charge in [0.1, 0.15) is 11.7 Å². The summed E-state index contributed by atoms with van der Waals surface area (Å²) in [5, 5.41) is 9.90. The number of ether oxygens (including phenoxy) is 3. The van der Waals surface area contributed by atoms with Crippen LogP contribution in [0.5, 0.6) is 0 Å². The van der Waals surface area contributed by atoms with E-state index < -0.39 is 29.2 Å². The fourth-order valence-corrected chi connectivity index (χ4v) is 3.64. The minimum Gasteiger partial charge on any atom is -0.393 e. The standard InChI is InChI=1S/C18H20N2O6/c21-10-18-11-25-15(13(18)9-24-8-12-4-2-1-3-5-12)16(26-18)20-7-6-14(22)19-17(20)23/h1-7,13,15-16,21H,8-11H2,(H,19,22,23)/t13?,15?,16-,18+/m1/s1. The number of hydrogen-bond acceptors (Lipinski definition) is 6. The Morgan fingerprint density at radius 3 is 2.81 bits per heavy atom. The minimum atomic E-state index is -0.915. The van der Waals surface area contributed by atoms with Crippen LogP contribution in [0.3, 0.4) is 0 Å². The SMILES string of the molecule is O=c1ccn([C@@H]2O[C@@]3(CO)COC2C3COCc2ccccc2)c(=O)[nH]1. The number of aliphatic hydroxyl groups excluding tert-OH is 1. The normalized spacial score (nSPS) is 30.0. The summed E-state index contributed by atoms with van der Waals surface area (Å²) >= 11 is 0. The van der Waals surface area contributed by atoms with Gasteiger partial charge in [-0.3, -0.25) is 14.3 Å². The van der Waals surface area contributed by atoms with Crippen molar-refractivity contribution in [2.24, 2.45) is 5.92 Å². The van der Waals surface area contributed by atoms with Crippen LogP contribution in [-0.4, -0.2) is 46.2 Å². The van der Waals surface area contributed by atoms with Gasteiger partial charge in [0, 0.05) is 18.2 Å². The van der Waals surface area contributed by atoms with E-state index in [4.69, 9.17) is 14.2 Å². The molecule has 26 heavy (non-hydrogen) atoms. The minimum absolute atomic E-state index is 0.222. The number of nitrogens with zero attached hydrogens (tertiary/aromatic N) is 1. The summed E-state index contributed by atoms with van der Waals surface area (Å²) in [6, 6.07) is 11.0. The van der Waals surface area contributed by atoms with E-state index in [-0.39, 0.29) is 19.1 Å². The number of H-pyrrole nitrogens is 1. The Hall–Kier alpha value is -2.26. The topological polar surface area (TPSA) is 103 Å². The van der Waals surface area contributed by atoms with Crippen LogP contribution in [0.25, 0.3) is 0 Å². The molecule has 2 saturated heterocycles. The first-order valence-corrected chi connectivity index (χ1v) is 8.46. The van der Waals surface area contributed by atoms with Gasteiger partial charge in [0.25, 0.3) is 5.56 Å². The first-order chi connectivity index (χ1) is 12.6. The second-order valence-electron chi connectivity index (χ2n) is 6.63. The molecule has 8 nitrogen and oxygen atoms in total. The predicted octanol–water partition coefficient (Wildman–Crippen LogP) is 0.0283. The highest BCUT2D eigenvalue weighted by molar-refractivity contribution is 5.13. The molecule has 2 N–H and O–H groups in total. The van der Waals surface area contributed by atoms with Crippen LogP contribution in [0, 0.1) is 5.92 Å². The average molecular weight is 360 g/mol. The molecule has 138 valence electrons. The molecule has 0 aliphatic carbocycles. The molecule has 1 aromatic carbocycles. The van der Waals surface area contributed by atoms with Gasteiger partial charge in [0.05, 0.1) is 26.4 Å². The quantitative estimate of drug-likeness (QED) is 0.753. The molecule has 4 atom stereocenters. The summed E-state index contributed by atoms with van der Waals surface area (Å²) in [6.07, 6.45) is 0.218. The molecule has 2 aliphatic rings. The number of aliphatic hydroxyl groups is 1. The van der Waals surface area contributed by atoms with Crippen LogP contribution in [0.2, 0.25) is 0 Å². The molecule has 2 bridgehead atoms. The summed E-state index contributed by atoms with van der Waals surface area (Å²) in [5.41, 5.74) is -0.918. The van der Waals surface area contributed by atoms with E-state index in [0.29, 0.717) is 13.2 Å². The largest absolute Gasteiger partial charge is 0.393 e. The van der Waals surface area contributed by atoms with Crippen LogP contribution in [0.1, 0.15) is 11.8 Å². The number of fused-ring (bicyclic) bond motifs is 2. The first-order valence-electron chi connectivity index (χ1n) is 8.46. The summed E-state index contributed by atoms with van der Waals surface area (Å²) in [6.45, 7) is 0.767. The fraction of sp³-hybridized carbons (Fsp3) is 0.444. The molecule has 8 heteroatoms. The zero-order valence-electron chi connectivity index (χ0n) is 14.0. The summed E-state index contributed by atoms with van der Waals surface area (Å²) < 4.78 is 18.9. The van der Waals surface area contributed by atoms with Crippen LogP contribution in [-0.2, 0) is 20.8 Å². The van der Waals surface area contributed by atoms with Crippen molar-refractivity contribution in [3.63, 3.8) is 0 Å². The molecule has 0 saturated carbocycles. The number of nitrogens with one attached hydrogen (secondary N) is 1. The molecular formula is C18H20N2O6. The molecule has 3 heterocycles. The Bertz CT molecular complexity index is 879. The maximum absolute atomic E-state index is 12.1. The first kappa shape index (κ1) is 17.2. The Kier molecular flexibility index (Phi) is 4.49. The molecule has 1 aromatic heterocycles. The zero-order valence-corrected chi connectivity index (χ0v) is 14.0. The Morgan fingerprint density at radius 1 is 1.27 bits per heavy atom. The van der Waals surface area contributed by atoms with Gasteiger partial charge in [0.2, 0.25) is 0 Å². The number of rotatable bonds is 6. The molecule has 0 spiro atoms. The maximum atomic E-state index is 12.1. The molecule has 2 aliphatic heterocycles. The second kappa shape index (κ2) is 6.81. The summed E-state index contributed by atoms with van der Waals surface area (Å²) in [4.78, 5) is 25.6. The highest BCUT2D eigenvalue weighted by Crippen LogP contribution is 2.48. The molecular weight excluding hydrogens is 340 g/mol. The van der Waals surface area contributed by atoms with Gasteiger partial charge >= 0.3 is 5.69 Å². The van der Waals surface area contributed by atoms with E-state index in [2.05, 4.69) is 4.98 Å². The fourth-order valence-electron chi connectivity index (χ4n) is 3.64. The Balaban J connectivity index is 1.51. The molecule has 0 radical (unpaired) electrons. The monoisotopic (exact) mass is 360 g/mol. The summed E-state index contributed by atoms with van der Waals surface area (Å²) in [7, 11) is 0. The van der Waals surface area contributed by atoms with Crippen LogP contribution >= 0.6 is 0 Å². The molecule has 0 amide bonds. The van der Waals surface area contributed by atoms with Gasteiger partial charge in [0.15, 0.2) is 6.23 Å². The molecule has 2 fully saturated rings. The van der Waals surface area contributed by atoms with E-state index in [0.717, 1.165) is 5.56 Å². The Morgan fingerprint density at radius 2 is 2.08 bits per heavy atom. The average Bonchev–Trinajstić information content (AvgIpc) is 3.15. The van der Waals surface area contributed by atoms with Gasteiger partial charge in [-0.05, 0) is 5.56 Å². The maximum Gasteiger partial charge on any atom is 0.330 e. The zero-order chi connectivity index (χ0) is 18.1. The lowest BCUT2D eigenvalue weighted by Crippen LogP contribution is -2.44. The van der Waals surface area contributed by atoms with E-state index in [1.165, 1.54) is 16.8 Å². The van der Waals surface area contributed by atoms with Crippen molar-refractivity contribution in [1.82, 2.24) is 9.55 Å². The lowest BCUT2D eigenvalue weighted by molar-refractivity contribution is -0.186. The molecule has 2 unspecified atom stereocenters. The van der Waals surface area contributed by atoms with Crippen molar-refractivity contribution in [3.05, 3.63) is 69.0 Å². The van der Waals surface area contributed by atoms with Crippen molar-refractivity contribution < 1.29 is 19.3 Å².